The van der Waals surface area contributed by atoms with Gasteiger partial charge >= 0.3 is 5.97 Å². The standard InChI is InChI=1S/C29H25N5O4/c1-20-27(28(36)34(32(20)2)23-16-10-5-11-17-23)30-26(35)19-38-29(37)25-18-24(21-12-6-3-7-13-21)31-33(25)22-14-8-4-9-15-22/h3-18H,19H2,1-2H3,(H,30,35). The molecule has 0 unspecified atom stereocenters. The molecule has 1 amide bonds. The van der Waals surface area contributed by atoms with Gasteiger partial charge in [0, 0.05) is 12.6 Å². The van der Waals surface area contributed by atoms with Crippen LogP contribution >= 0.6 is 0 Å². The van der Waals surface area contributed by atoms with Crippen molar-refractivity contribution in [3.8, 4) is 22.6 Å². The number of nitrogens with one attached hydrogen (secondary N) is 1. The van der Waals surface area contributed by atoms with Crippen LogP contribution in [0.4, 0.5) is 5.69 Å². The summed E-state index contributed by atoms with van der Waals surface area (Å²) in [6, 6.07) is 29.4. The van der Waals surface area contributed by atoms with E-state index in [4.69, 9.17) is 4.74 Å². The lowest BCUT2D eigenvalue weighted by molar-refractivity contribution is -0.119. The number of hydrogen-bond acceptors (Lipinski definition) is 5. The van der Waals surface area contributed by atoms with Crippen molar-refractivity contribution in [2.45, 2.75) is 6.92 Å². The Kier molecular flexibility index (Phi) is 6.73. The van der Waals surface area contributed by atoms with E-state index in [1.165, 1.54) is 9.36 Å². The molecule has 2 heterocycles. The monoisotopic (exact) mass is 507 g/mol. The Labute approximate surface area is 218 Å². The fraction of sp³-hybridized carbons (Fsp3) is 0.103. The minimum absolute atomic E-state index is 0.123. The number of ether oxygens (including phenoxy) is 1. The fourth-order valence-corrected chi connectivity index (χ4v) is 4.14. The highest BCUT2D eigenvalue weighted by molar-refractivity contribution is 5.95. The molecule has 2 aromatic heterocycles. The first-order chi connectivity index (χ1) is 18.4. The number of rotatable bonds is 7. The lowest BCUT2D eigenvalue weighted by atomic mass is 10.1. The summed E-state index contributed by atoms with van der Waals surface area (Å²) in [6.07, 6.45) is 0. The molecule has 0 fully saturated rings. The van der Waals surface area contributed by atoms with E-state index in [-0.39, 0.29) is 16.9 Å². The molecule has 190 valence electrons. The summed E-state index contributed by atoms with van der Waals surface area (Å²) in [5, 5.41) is 7.20. The molecular formula is C29H25N5O4. The first kappa shape index (κ1) is 24.5. The zero-order valence-corrected chi connectivity index (χ0v) is 20.9. The molecule has 0 aliphatic rings. The van der Waals surface area contributed by atoms with Crippen molar-refractivity contribution in [2.75, 3.05) is 11.9 Å². The number of carbonyl (C=O) groups excluding carboxylic acids is 2. The number of nitrogens with zero attached hydrogens (tertiary/aromatic N) is 4. The zero-order valence-electron chi connectivity index (χ0n) is 20.9. The van der Waals surface area contributed by atoms with Gasteiger partial charge in [-0.25, -0.2) is 14.2 Å². The van der Waals surface area contributed by atoms with E-state index in [0.717, 1.165) is 5.56 Å². The molecule has 0 aliphatic heterocycles. The molecular weight excluding hydrogens is 482 g/mol. The van der Waals surface area contributed by atoms with Crippen LogP contribution in [0.3, 0.4) is 0 Å². The lowest BCUT2D eigenvalue weighted by Gasteiger charge is -2.08. The minimum Gasteiger partial charge on any atom is -0.451 e. The second kappa shape index (κ2) is 10.4. The van der Waals surface area contributed by atoms with Crippen LogP contribution < -0.4 is 10.9 Å². The molecule has 0 bridgehead atoms. The van der Waals surface area contributed by atoms with Crippen molar-refractivity contribution in [3.63, 3.8) is 0 Å². The highest BCUT2D eigenvalue weighted by Crippen LogP contribution is 2.22. The Bertz CT molecular complexity index is 1650. The maximum Gasteiger partial charge on any atom is 0.357 e. The highest BCUT2D eigenvalue weighted by atomic mass is 16.5. The number of para-hydroxylation sites is 2. The second-order valence-corrected chi connectivity index (χ2v) is 8.59. The van der Waals surface area contributed by atoms with Crippen LogP contribution in [0.15, 0.2) is 102 Å². The number of anilines is 1. The molecule has 38 heavy (non-hydrogen) atoms. The van der Waals surface area contributed by atoms with E-state index < -0.39 is 18.5 Å². The van der Waals surface area contributed by atoms with Crippen molar-refractivity contribution < 1.29 is 14.3 Å². The first-order valence-electron chi connectivity index (χ1n) is 12.0. The van der Waals surface area contributed by atoms with Crippen LogP contribution in [-0.2, 0) is 16.6 Å². The van der Waals surface area contributed by atoms with E-state index in [9.17, 15) is 14.4 Å². The Hall–Kier alpha value is -5.18. The minimum atomic E-state index is -0.717. The van der Waals surface area contributed by atoms with Gasteiger partial charge in [0.05, 0.1) is 22.8 Å². The molecule has 0 radical (unpaired) electrons. The normalized spacial score (nSPS) is 10.8. The van der Waals surface area contributed by atoms with Gasteiger partial charge in [-0.2, -0.15) is 5.10 Å². The number of aromatic nitrogens is 4. The molecule has 1 N–H and O–H groups in total. The second-order valence-electron chi connectivity index (χ2n) is 8.59. The van der Waals surface area contributed by atoms with E-state index in [2.05, 4.69) is 10.4 Å². The van der Waals surface area contributed by atoms with Gasteiger partial charge in [-0.15, -0.1) is 0 Å². The predicted octanol–water partition coefficient (Wildman–Crippen LogP) is 4.13. The summed E-state index contributed by atoms with van der Waals surface area (Å²) in [7, 11) is 1.73. The molecule has 5 aromatic rings. The van der Waals surface area contributed by atoms with E-state index in [1.54, 1.807) is 36.9 Å². The summed E-state index contributed by atoms with van der Waals surface area (Å²) in [5.41, 5.74) is 3.24. The Morgan fingerprint density at radius 3 is 2.08 bits per heavy atom. The maximum absolute atomic E-state index is 13.1. The Morgan fingerprint density at radius 2 is 1.45 bits per heavy atom. The molecule has 0 spiro atoms. The summed E-state index contributed by atoms with van der Waals surface area (Å²) in [5.74, 6) is -1.34. The van der Waals surface area contributed by atoms with Crippen LogP contribution in [0.5, 0.6) is 0 Å². The fourth-order valence-electron chi connectivity index (χ4n) is 4.14. The van der Waals surface area contributed by atoms with E-state index >= 15 is 0 Å². The van der Waals surface area contributed by atoms with Crippen LogP contribution in [0, 0.1) is 6.92 Å². The van der Waals surface area contributed by atoms with Crippen LogP contribution in [0.25, 0.3) is 22.6 Å². The predicted molar refractivity (Wildman–Crippen MR) is 144 cm³/mol. The Morgan fingerprint density at radius 1 is 0.868 bits per heavy atom. The topological polar surface area (TPSA) is 100 Å². The molecule has 5 rings (SSSR count). The van der Waals surface area contributed by atoms with Crippen molar-refractivity contribution in [3.05, 3.63) is 119 Å². The average Bonchev–Trinajstić information content (AvgIpc) is 3.49. The first-order valence-corrected chi connectivity index (χ1v) is 12.0. The average molecular weight is 508 g/mol. The summed E-state index contributed by atoms with van der Waals surface area (Å²) in [6.45, 7) is 1.16. The number of hydrogen-bond donors (Lipinski definition) is 1. The third-order valence-corrected chi connectivity index (χ3v) is 6.14. The van der Waals surface area contributed by atoms with Gasteiger partial charge in [0.25, 0.3) is 11.5 Å². The van der Waals surface area contributed by atoms with Crippen molar-refractivity contribution in [2.24, 2.45) is 7.05 Å². The molecule has 3 aromatic carbocycles. The number of esters is 1. The molecule has 0 aliphatic carbocycles. The molecule has 0 saturated heterocycles. The zero-order chi connectivity index (χ0) is 26.6. The third-order valence-electron chi connectivity index (χ3n) is 6.14. The highest BCUT2D eigenvalue weighted by Gasteiger charge is 2.22. The SMILES string of the molecule is Cc1c(NC(=O)COC(=O)c2cc(-c3ccccc3)nn2-c2ccccc2)c(=O)n(-c2ccccc2)n1C. The van der Waals surface area contributed by atoms with Crippen LogP contribution in [0.1, 0.15) is 16.2 Å². The van der Waals surface area contributed by atoms with Gasteiger partial charge in [-0.1, -0.05) is 66.7 Å². The number of benzene rings is 3. The molecule has 9 heteroatoms. The van der Waals surface area contributed by atoms with E-state index in [0.29, 0.717) is 22.8 Å². The number of carbonyl (C=O) groups is 2. The quantitative estimate of drug-likeness (QED) is 0.334. The molecule has 0 saturated carbocycles. The van der Waals surface area contributed by atoms with Crippen LogP contribution in [-0.4, -0.2) is 37.6 Å². The van der Waals surface area contributed by atoms with Gasteiger partial charge in [0.15, 0.2) is 12.3 Å². The van der Waals surface area contributed by atoms with Gasteiger partial charge in [0.2, 0.25) is 0 Å². The van der Waals surface area contributed by atoms with Crippen molar-refractivity contribution in [1.29, 1.82) is 0 Å². The van der Waals surface area contributed by atoms with E-state index in [1.807, 2.05) is 78.9 Å². The third kappa shape index (κ3) is 4.77. The Balaban J connectivity index is 1.35. The molecule has 0 atom stereocenters. The summed E-state index contributed by atoms with van der Waals surface area (Å²) < 4.78 is 9.95. The van der Waals surface area contributed by atoms with Gasteiger partial charge in [-0.3, -0.25) is 14.3 Å². The summed E-state index contributed by atoms with van der Waals surface area (Å²) >= 11 is 0. The largest absolute Gasteiger partial charge is 0.451 e. The van der Waals surface area contributed by atoms with Gasteiger partial charge in [0.1, 0.15) is 5.69 Å². The van der Waals surface area contributed by atoms with Crippen molar-refractivity contribution in [1.82, 2.24) is 19.1 Å². The summed E-state index contributed by atoms with van der Waals surface area (Å²) in [4.78, 5) is 38.9. The number of amides is 1. The molecule has 9 nitrogen and oxygen atoms in total. The maximum atomic E-state index is 13.1. The van der Waals surface area contributed by atoms with Gasteiger partial charge < -0.3 is 10.1 Å². The smallest absolute Gasteiger partial charge is 0.357 e. The van der Waals surface area contributed by atoms with Gasteiger partial charge in [-0.05, 0) is 37.3 Å². The lowest BCUT2D eigenvalue weighted by Crippen LogP contribution is -2.26. The van der Waals surface area contributed by atoms with Crippen molar-refractivity contribution >= 4 is 17.6 Å². The van der Waals surface area contributed by atoms with Crippen LogP contribution in [0.2, 0.25) is 0 Å².